The lowest BCUT2D eigenvalue weighted by Crippen LogP contribution is -2.37. The molecule has 6 nitrogen and oxygen atoms in total. The molecule has 0 aliphatic rings. The third kappa shape index (κ3) is 3.89. The first-order chi connectivity index (χ1) is 9.17. The smallest absolute Gasteiger partial charge is 0.358 e. The maximum atomic E-state index is 11.3. The molecule has 0 aromatic carbocycles. The molecule has 0 aliphatic heterocycles. The lowest BCUT2D eigenvalue weighted by Gasteiger charge is -2.30. The van der Waals surface area contributed by atoms with Crippen molar-refractivity contribution in [1.29, 1.82) is 0 Å². The number of aliphatic hydroxyl groups excluding tert-OH is 1. The zero-order chi connectivity index (χ0) is 14.3. The van der Waals surface area contributed by atoms with E-state index in [2.05, 4.69) is 28.8 Å². The molecule has 1 heterocycles. The number of hydrogen-bond donors (Lipinski definition) is 1. The van der Waals surface area contributed by atoms with Crippen LogP contribution < -0.4 is 4.90 Å². The molecule has 0 saturated carbocycles. The fourth-order valence-electron chi connectivity index (χ4n) is 2.01. The van der Waals surface area contributed by atoms with Crippen LogP contribution in [0, 0.1) is 0 Å². The number of ether oxygens (including phenoxy) is 1. The minimum atomic E-state index is -0.504. The minimum absolute atomic E-state index is 0.0525. The zero-order valence-electron chi connectivity index (χ0n) is 11.7. The number of hydrogen-bond acceptors (Lipinski definition) is 6. The maximum Gasteiger partial charge on any atom is 0.358 e. The first-order valence-electron chi connectivity index (χ1n) is 6.47. The molecule has 0 amide bonds. The van der Waals surface area contributed by atoms with Gasteiger partial charge in [0.1, 0.15) is 0 Å². The molecule has 1 aromatic heterocycles. The summed E-state index contributed by atoms with van der Waals surface area (Å²) in [7, 11) is 1.31. The monoisotopic (exact) mass is 267 g/mol. The van der Waals surface area contributed by atoms with Gasteiger partial charge in [0.05, 0.1) is 13.7 Å². The molecule has 0 bridgehead atoms. The van der Waals surface area contributed by atoms with E-state index in [9.17, 15) is 4.79 Å². The molecule has 1 rings (SSSR count). The number of esters is 1. The largest absolute Gasteiger partial charge is 0.464 e. The fourth-order valence-corrected chi connectivity index (χ4v) is 2.01. The Bertz CT molecular complexity index is 391. The highest BCUT2D eigenvalue weighted by Crippen LogP contribution is 2.17. The van der Waals surface area contributed by atoms with E-state index in [0.29, 0.717) is 18.4 Å². The summed E-state index contributed by atoms with van der Waals surface area (Å²) in [5.74, 6) is 0.158. The minimum Gasteiger partial charge on any atom is -0.464 e. The highest BCUT2D eigenvalue weighted by Gasteiger charge is 2.17. The highest BCUT2D eigenvalue weighted by molar-refractivity contribution is 5.86. The molecule has 0 unspecified atom stereocenters. The summed E-state index contributed by atoms with van der Waals surface area (Å²) in [5, 5.41) is 17.1. The van der Waals surface area contributed by atoms with E-state index in [-0.39, 0.29) is 12.3 Å². The summed E-state index contributed by atoms with van der Waals surface area (Å²) in [6.07, 6.45) is 1.91. The van der Waals surface area contributed by atoms with Crippen molar-refractivity contribution in [3.05, 3.63) is 17.8 Å². The topological polar surface area (TPSA) is 75.5 Å². The SMILES string of the molecule is CCC(CC)N(CCO)c1ccc(C(=O)OC)nn1. The second kappa shape index (κ2) is 7.68. The molecule has 0 fully saturated rings. The van der Waals surface area contributed by atoms with Crippen molar-refractivity contribution in [3.8, 4) is 0 Å². The van der Waals surface area contributed by atoms with Gasteiger partial charge >= 0.3 is 5.97 Å². The van der Waals surface area contributed by atoms with E-state index in [1.165, 1.54) is 7.11 Å². The molecule has 1 aromatic rings. The van der Waals surface area contributed by atoms with Crippen molar-refractivity contribution in [2.45, 2.75) is 32.7 Å². The van der Waals surface area contributed by atoms with Crippen molar-refractivity contribution in [1.82, 2.24) is 10.2 Å². The third-order valence-corrected chi connectivity index (χ3v) is 3.06. The molecule has 19 heavy (non-hydrogen) atoms. The van der Waals surface area contributed by atoms with E-state index < -0.39 is 5.97 Å². The second-order valence-electron chi connectivity index (χ2n) is 4.16. The van der Waals surface area contributed by atoms with Gasteiger partial charge in [0, 0.05) is 12.6 Å². The Balaban J connectivity index is 2.93. The maximum absolute atomic E-state index is 11.3. The van der Waals surface area contributed by atoms with Gasteiger partial charge in [-0.3, -0.25) is 0 Å². The van der Waals surface area contributed by atoms with Crippen LogP contribution in [0.1, 0.15) is 37.2 Å². The molecule has 0 atom stereocenters. The van der Waals surface area contributed by atoms with Gasteiger partial charge in [-0.25, -0.2) is 4.79 Å². The summed E-state index contributed by atoms with van der Waals surface area (Å²) < 4.78 is 4.58. The Morgan fingerprint density at radius 2 is 2.05 bits per heavy atom. The molecule has 0 saturated heterocycles. The van der Waals surface area contributed by atoms with Gasteiger partial charge in [-0.15, -0.1) is 10.2 Å². The molecule has 0 aliphatic carbocycles. The van der Waals surface area contributed by atoms with Crippen molar-refractivity contribution in [2.24, 2.45) is 0 Å². The number of carbonyl (C=O) groups excluding carboxylic acids is 1. The average Bonchev–Trinajstić information content (AvgIpc) is 2.47. The van der Waals surface area contributed by atoms with Crippen LogP contribution in [-0.2, 0) is 4.74 Å². The number of methoxy groups -OCH3 is 1. The van der Waals surface area contributed by atoms with Crippen molar-refractivity contribution in [2.75, 3.05) is 25.2 Å². The van der Waals surface area contributed by atoms with Crippen LogP contribution >= 0.6 is 0 Å². The number of aromatic nitrogens is 2. The number of nitrogens with zero attached hydrogens (tertiary/aromatic N) is 3. The van der Waals surface area contributed by atoms with E-state index in [1.54, 1.807) is 12.1 Å². The fraction of sp³-hybridized carbons (Fsp3) is 0.615. The van der Waals surface area contributed by atoms with Gasteiger partial charge in [-0.1, -0.05) is 13.8 Å². The van der Waals surface area contributed by atoms with Crippen LogP contribution in [-0.4, -0.2) is 47.6 Å². The predicted molar refractivity (Wildman–Crippen MR) is 72.2 cm³/mol. The predicted octanol–water partition coefficient (Wildman–Crippen LogP) is 1.25. The summed E-state index contributed by atoms with van der Waals surface area (Å²) in [4.78, 5) is 13.3. The zero-order valence-corrected chi connectivity index (χ0v) is 11.7. The van der Waals surface area contributed by atoms with E-state index in [4.69, 9.17) is 5.11 Å². The summed E-state index contributed by atoms with van der Waals surface area (Å²) in [6, 6.07) is 3.61. The van der Waals surface area contributed by atoms with E-state index in [1.807, 2.05) is 4.90 Å². The van der Waals surface area contributed by atoms with Crippen molar-refractivity contribution >= 4 is 11.8 Å². The molecule has 0 spiro atoms. The summed E-state index contributed by atoms with van der Waals surface area (Å²) >= 11 is 0. The van der Waals surface area contributed by atoms with Crippen LogP contribution in [0.15, 0.2) is 12.1 Å². The molecular formula is C13H21N3O3. The first-order valence-corrected chi connectivity index (χ1v) is 6.47. The Hall–Kier alpha value is -1.69. The van der Waals surface area contributed by atoms with Crippen LogP contribution in [0.2, 0.25) is 0 Å². The lowest BCUT2D eigenvalue weighted by atomic mass is 10.1. The molecule has 0 radical (unpaired) electrons. The van der Waals surface area contributed by atoms with Crippen molar-refractivity contribution < 1.29 is 14.6 Å². The van der Waals surface area contributed by atoms with Gasteiger partial charge in [0.15, 0.2) is 11.5 Å². The van der Waals surface area contributed by atoms with Crippen molar-refractivity contribution in [3.63, 3.8) is 0 Å². The summed E-state index contributed by atoms with van der Waals surface area (Å²) in [5.41, 5.74) is 0.180. The number of anilines is 1. The van der Waals surface area contributed by atoms with E-state index >= 15 is 0 Å². The Morgan fingerprint density at radius 1 is 1.37 bits per heavy atom. The Morgan fingerprint density at radius 3 is 2.47 bits per heavy atom. The van der Waals surface area contributed by atoms with E-state index in [0.717, 1.165) is 12.8 Å². The van der Waals surface area contributed by atoms with Gasteiger partial charge in [-0.2, -0.15) is 0 Å². The van der Waals surface area contributed by atoms with Crippen LogP contribution in [0.25, 0.3) is 0 Å². The van der Waals surface area contributed by atoms with Crippen LogP contribution in [0.3, 0.4) is 0 Å². The Labute approximate surface area is 113 Å². The quantitative estimate of drug-likeness (QED) is 0.749. The van der Waals surface area contributed by atoms with Gasteiger partial charge in [0.2, 0.25) is 0 Å². The van der Waals surface area contributed by atoms with Crippen LogP contribution in [0.4, 0.5) is 5.82 Å². The standard InChI is InChI=1S/C13H21N3O3/c1-4-10(5-2)16(8-9-17)12-7-6-11(14-15-12)13(18)19-3/h6-7,10,17H,4-5,8-9H2,1-3H3. The third-order valence-electron chi connectivity index (χ3n) is 3.06. The second-order valence-corrected chi connectivity index (χ2v) is 4.16. The molecular weight excluding hydrogens is 246 g/mol. The number of carbonyl (C=O) groups is 1. The summed E-state index contributed by atoms with van der Waals surface area (Å²) in [6.45, 7) is 4.74. The average molecular weight is 267 g/mol. The van der Waals surface area contributed by atoms with Gasteiger partial charge in [0.25, 0.3) is 0 Å². The van der Waals surface area contributed by atoms with Crippen LogP contribution in [0.5, 0.6) is 0 Å². The van der Waals surface area contributed by atoms with Gasteiger partial charge < -0.3 is 14.7 Å². The Kier molecular flexibility index (Phi) is 6.21. The normalized spacial score (nSPS) is 10.6. The highest BCUT2D eigenvalue weighted by atomic mass is 16.5. The first kappa shape index (κ1) is 15.4. The lowest BCUT2D eigenvalue weighted by molar-refractivity contribution is 0.0592. The molecule has 1 N–H and O–H groups in total. The molecule has 6 heteroatoms. The number of aliphatic hydroxyl groups is 1. The van der Waals surface area contributed by atoms with Gasteiger partial charge in [-0.05, 0) is 25.0 Å². The molecule has 106 valence electrons. The number of rotatable bonds is 7.